The maximum Gasteiger partial charge on any atom is 0.240 e. The first-order valence-corrected chi connectivity index (χ1v) is 9.24. The van der Waals surface area contributed by atoms with Crippen LogP contribution in [0.4, 0.5) is 0 Å². The van der Waals surface area contributed by atoms with Crippen LogP contribution in [0.1, 0.15) is 35.9 Å². The molecule has 1 aliphatic rings. The molecule has 3 rings (SSSR count). The minimum atomic E-state index is -0.0879. The summed E-state index contributed by atoms with van der Waals surface area (Å²) in [5, 5.41) is 5.60. The van der Waals surface area contributed by atoms with E-state index in [4.69, 9.17) is 0 Å². The summed E-state index contributed by atoms with van der Waals surface area (Å²) in [6, 6.07) is 6.20. The fourth-order valence-corrected chi connectivity index (χ4v) is 4.06. The molecule has 0 bridgehead atoms. The number of carbonyl (C=O) groups excluding carboxylic acids is 1. The van der Waals surface area contributed by atoms with Gasteiger partial charge in [-0.3, -0.25) is 4.79 Å². The zero-order valence-corrected chi connectivity index (χ0v) is 14.7. The van der Waals surface area contributed by atoms with E-state index in [1.165, 1.54) is 16.1 Å². The van der Waals surface area contributed by atoms with Gasteiger partial charge in [0.2, 0.25) is 5.91 Å². The highest BCUT2D eigenvalue weighted by molar-refractivity contribution is 7.10. The minimum Gasteiger partial charge on any atom is -0.353 e. The molecule has 1 N–H and O–H groups in total. The normalized spacial score (nSPS) is 15.5. The van der Waals surface area contributed by atoms with Gasteiger partial charge >= 0.3 is 0 Å². The van der Waals surface area contributed by atoms with Gasteiger partial charge in [-0.05, 0) is 42.0 Å². The number of nitrogens with one attached hydrogen (secondary N) is 1. The van der Waals surface area contributed by atoms with Crippen molar-refractivity contribution in [2.45, 2.75) is 45.3 Å². The number of hydrogen-bond acceptors (Lipinski definition) is 3. The minimum absolute atomic E-state index is 0.0879. The lowest BCUT2D eigenvalue weighted by atomic mass is 10.1. The van der Waals surface area contributed by atoms with Crippen molar-refractivity contribution in [1.29, 1.82) is 0 Å². The Hall–Kier alpha value is -1.59. The number of rotatable bonds is 6. The van der Waals surface area contributed by atoms with Gasteiger partial charge in [0.05, 0.1) is 6.04 Å². The first-order chi connectivity index (χ1) is 11.2. The van der Waals surface area contributed by atoms with E-state index in [1.54, 1.807) is 0 Å². The molecule has 4 nitrogen and oxygen atoms in total. The topological polar surface area (TPSA) is 37.3 Å². The SMILES string of the molecule is CCCC(NCc1cccn1C)C(=O)N1CCc2sccc2C1. The van der Waals surface area contributed by atoms with Crippen LogP contribution in [0.3, 0.4) is 0 Å². The van der Waals surface area contributed by atoms with Gasteiger partial charge in [-0.2, -0.15) is 0 Å². The molecule has 124 valence electrons. The summed E-state index contributed by atoms with van der Waals surface area (Å²) in [7, 11) is 2.04. The van der Waals surface area contributed by atoms with Gasteiger partial charge in [-0.1, -0.05) is 13.3 Å². The van der Waals surface area contributed by atoms with E-state index in [0.717, 1.165) is 38.9 Å². The monoisotopic (exact) mass is 331 g/mol. The summed E-state index contributed by atoms with van der Waals surface area (Å²) in [5.74, 6) is 0.248. The van der Waals surface area contributed by atoms with E-state index in [-0.39, 0.29) is 11.9 Å². The summed E-state index contributed by atoms with van der Waals surface area (Å²) in [6.07, 6.45) is 4.93. The van der Waals surface area contributed by atoms with Crippen LogP contribution in [-0.4, -0.2) is 28.0 Å². The van der Waals surface area contributed by atoms with Crippen molar-refractivity contribution in [3.63, 3.8) is 0 Å². The van der Waals surface area contributed by atoms with Crippen molar-refractivity contribution in [1.82, 2.24) is 14.8 Å². The molecule has 2 aromatic rings. The Labute approximate surface area is 142 Å². The largest absolute Gasteiger partial charge is 0.353 e. The van der Waals surface area contributed by atoms with Crippen LogP contribution < -0.4 is 5.32 Å². The Kier molecular flexibility index (Phi) is 5.18. The Bertz CT molecular complexity index is 661. The van der Waals surface area contributed by atoms with Crippen molar-refractivity contribution >= 4 is 17.2 Å². The van der Waals surface area contributed by atoms with Crippen LogP contribution in [0.15, 0.2) is 29.8 Å². The van der Waals surface area contributed by atoms with Gasteiger partial charge in [-0.25, -0.2) is 0 Å². The molecule has 0 radical (unpaired) electrons. The third-order valence-corrected chi connectivity index (χ3v) is 5.60. The third-order valence-electron chi connectivity index (χ3n) is 4.58. The molecule has 0 saturated heterocycles. The summed E-state index contributed by atoms with van der Waals surface area (Å²) < 4.78 is 2.10. The summed E-state index contributed by atoms with van der Waals surface area (Å²) in [4.78, 5) is 16.4. The van der Waals surface area contributed by atoms with E-state index in [9.17, 15) is 4.79 Å². The Morgan fingerprint density at radius 3 is 3.04 bits per heavy atom. The van der Waals surface area contributed by atoms with Crippen LogP contribution in [-0.2, 0) is 31.4 Å². The van der Waals surface area contributed by atoms with Crippen LogP contribution in [0, 0.1) is 0 Å². The van der Waals surface area contributed by atoms with Crippen molar-refractivity contribution < 1.29 is 4.79 Å². The number of fused-ring (bicyclic) bond motifs is 1. The number of hydrogen-bond donors (Lipinski definition) is 1. The first-order valence-electron chi connectivity index (χ1n) is 8.36. The molecule has 1 amide bonds. The first kappa shape index (κ1) is 16.3. The summed E-state index contributed by atoms with van der Waals surface area (Å²) in [6.45, 7) is 4.48. The molecule has 1 unspecified atom stereocenters. The fourth-order valence-electron chi connectivity index (χ4n) is 3.17. The predicted octanol–water partition coefficient (Wildman–Crippen LogP) is 2.93. The molecule has 0 spiro atoms. The predicted molar refractivity (Wildman–Crippen MR) is 94.4 cm³/mol. The molecule has 0 fully saturated rings. The van der Waals surface area contributed by atoms with Crippen molar-refractivity contribution in [3.8, 4) is 0 Å². The van der Waals surface area contributed by atoms with Gasteiger partial charge < -0.3 is 14.8 Å². The lowest BCUT2D eigenvalue weighted by Crippen LogP contribution is -2.47. The molecule has 0 aromatic carbocycles. The molecule has 0 aliphatic carbocycles. The van der Waals surface area contributed by atoms with E-state index in [2.05, 4.69) is 34.3 Å². The zero-order valence-electron chi connectivity index (χ0n) is 13.9. The van der Waals surface area contributed by atoms with Crippen LogP contribution in [0.25, 0.3) is 0 Å². The van der Waals surface area contributed by atoms with Crippen LogP contribution in [0.5, 0.6) is 0 Å². The molecule has 23 heavy (non-hydrogen) atoms. The molecular formula is C18H25N3OS. The van der Waals surface area contributed by atoms with Crippen molar-refractivity contribution in [2.24, 2.45) is 7.05 Å². The van der Waals surface area contributed by atoms with E-state index < -0.39 is 0 Å². The van der Waals surface area contributed by atoms with Crippen molar-refractivity contribution in [3.05, 3.63) is 45.9 Å². The average molecular weight is 331 g/mol. The lowest BCUT2D eigenvalue weighted by molar-refractivity contribution is -0.134. The van der Waals surface area contributed by atoms with Gasteiger partial charge in [-0.15, -0.1) is 11.3 Å². The Morgan fingerprint density at radius 2 is 2.30 bits per heavy atom. The van der Waals surface area contributed by atoms with Crippen molar-refractivity contribution in [2.75, 3.05) is 6.54 Å². The molecular weight excluding hydrogens is 306 g/mol. The summed E-state index contributed by atoms with van der Waals surface area (Å²) in [5.41, 5.74) is 2.53. The number of amides is 1. The highest BCUT2D eigenvalue weighted by Gasteiger charge is 2.27. The quantitative estimate of drug-likeness (QED) is 0.884. The second kappa shape index (κ2) is 7.32. The smallest absolute Gasteiger partial charge is 0.240 e. The number of aryl methyl sites for hydroxylation is 1. The third kappa shape index (κ3) is 3.67. The number of carbonyl (C=O) groups is 1. The maximum atomic E-state index is 12.9. The molecule has 5 heteroatoms. The second-order valence-electron chi connectivity index (χ2n) is 6.21. The summed E-state index contributed by atoms with van der Waals surface area (Å²) >= 11 is 1.81. The highest BCUT2D eigenvalue weighted by atomic mass is 32.1. The molecule has 3 heterocycles. The number of aromatic nitrogens is 1. The Balaban J connectivity index is 1.63. The standard InChI is InChI=1S/C18H25N3OS/c1-3-5-16(19-12-15-6-4-9-20(15)2)18(22)21-10-7-17-14(13-21)8-11-23-17/h4,6,8-9,11,16,19H,3,5,7,10,12-13H2,1-2H3. The van der Waals surface area contributed by atoms with Gasteiger partial charge in [0.1, 0.15) is 0 Å². The van der Waals surface area contributed by atoms with Gasteiger partial charge in [0, 0.05) is 43.4 Å². The Morgan fingerprint density at radius 1 is 1.43 bits per heavy atom. The van der Waals surface area contributed by atoms with Gasteiger partial charge in [0.15, 0.2) is 0 Å². The van der Waals surface area contributed by atoms with E-state index >= 15 is 0 Å². The number of thiophene rings is 1. The fraction of sp³-hybridized carbons (Fsp3) is 0.500. The molecule has 0 saturated carbocycles. The highest BCUT2D eigenvalue weighted by Crippen LogP contribution is 2.24. The van der Waals surface area contributed by atoms with Gasteiger partial charge in [0.25, 0.3) is 0 Å². The molecule has 1 aliphatic heterocycles. The lowest BCUT2D eigenvalue weighted by Gasteiger charge is -2.31. The van der Waals surface area contributed by atoms with Crippen LogP contribution >= 0.6 is 11.3 Å². The average Bonchev–Trinajstić information content (AvgIpc) is 3.18. The van der Waals surface area contributed by atoms with Crippen LogP contribution in [0.2, 0.25) is 0 Å². The number of nitrogens with zero attached hydrogens (tertiary/aromatic N) is 2. The molecule has 2 aromatic heterocycles. The van der Waals surface area contributed by atoms with E-state index in [1.807, 2.05) is 35.5 Å². The zero-order chi connectivity index (χ0) is 16.2. The maximum absolute atomic E-state index is 12.9. The second-order valence-corrected chi connectivity index (χ2v) is 7.21. The van der Waals surface area contributed by atoms with E-state index in [0.29, 0.717) is 0 Å². The molecule has 1 atom stereocenters.